The van der Waals surface area contributed by atoms with E-state index >= 15 is 0 Å². The molecule has 0 amide bonds. The van der Waals surface area contributed by atoms with Crippen molar-refractivity contribution in [2.24, 2.45) is 7.05 Å². The van der Waals surface area contributed by atoms with Crippen LogP contribution in [0.5, 0.6) is 0 Å². The second kappa shape index (κ2) is 5.09. The van der Waals surface area contributed by atoms with E-state index in [-0.39, 0.29) is 0 Å². The summed E-state index contributed by atoms with van der Waals surface area (Å²) in [6, 6.07) is 1.95. The Balaban J connectivity index is 1.87. The average molecular weight is 237 g/mol. The van der Waals surface area contributed by atoms with Gasteiger partial charge >= 0.3 is 0 Å². The SMILES string of the molecule is Cn1cc(Cl)cc1CNCc1cncnc1. The van der Waals surface area contributed by atoms with E-state index in [0.717, 1.165) is 29.4 Å². The minimum Gasteiger partial charge on any atom is -0.352 e. The van der Waals surface area contributed by atoms with Gasteiger partial charge in [0, 0.05) is 50.0 Å². The van der Waals surface area contributed by atoms with Crippen molar-refractivity contribution in [3.8, 4) is 0 Å². The van der Waals surface area contributed by atoms with Gasteiger partial charge in [0.25, 0.3) is 0 Å². The molecule has 0 aliphatic heterocycles. The Labute approximate surface area is 99.3 Å². The molecule has 0 aliphatic carbocycles. The van der Waals surface area contributed by atoms with Crippen molar-refractivity contribution < 1.29 is 0 Å². The van der Waals surface area contributed by atoms with Crippen LogP contribution in [0, 0.1) is 0 Å². The molecule has 0 aromatic carbocycles. The molecule has 0 spiro atoms. The van der Waals surface area contributed by atoms with E-state index in [0.29, 0.717) is 0 Å². The molecule has 2 heterocycles. The zero-order valence-corrected chi connectivity index (χ0v) is 9.78. The molecule has 0 unspecified atom stereocenters. The molecule has 2 aromatic rings. The summed E-state index contributed by atoms with van der Waals surface area (Å²) in [6.45, 7) is 1.53. The van der Waals surface area contributed by atoms with Crippen LogP contribution in [0.1, 0.15) is 11.3 Å². The number of aryl methyl sites for hydroxylation is 1. The molecule has 0 saturated heterocycles. The highest BCUT2D eigenvalue weighted by Gasteiger charge is 2.00. The zero-order valence-electron chi connectivity index (χ0n) is 9.02. The average Bonchev–Trinajstić information content (AvgIpc) is 2.59. The molecule has 2 aromatic heterocycles. The number of hydrogen-bond donors (Lipinski definition) is 1. The van der Waals surface area contributed by atoms with Crippen LogP contribution in [0.15, 0.2) is 31.0 Å². The molecule has 0 atom stereocenters. The first kappa shape index (κ1) is 11.1. The highest BCUT2D eigenvalue weighted by atomic mass is 35.5. The predicted octanol–water partition coefficient (Wildman–Crippen LogP) is 1.76. The Morgan fingerprint density at radius 1 is 1.31 bits per heavy atom. The topological polar surface area (TPSA) is 42.7 Å². The van der Waals surface area contributed by atoms with Gasteiger partial charge < -0.3 is 9.88 Å². The summed E-state index contributed by atoms with van der Waals surface area (Å²) in [5.41, 5.74) is 2.23. The van der Waals surface area contributed by atoms with E-state index in [1.807, 2.05) is 23.9 Å². The summed E-state index contributed by atoms with van der Waals surface area (Å²) in [5.74, 6) is 0. The number of nitrogens with zero attached hydrogens (tertiary/aromatic N) is 3. The maximum Gasteiger partial charge on any atom is 0.115 e. The predicted molar refractivity (Wildman–Crippen MR) is 63.0 cm³/mol. The van der Waals surface area contributed by atoms with Gasteiger partial charge in [-0.3, -0.25) is 0 Å². The molecular formula is C11H13ClN4. The van der Waals surface area contributed by atoms with Gasteiger partial charge in [0.05, 0.1) is 5.02 Å². The van der Waals surface area contributed by atoms with Crippen molar-refractivity contribution in [3.63, 3.8) is 0 Å². The highest BCUT2D eigenvalue weighted by molar-refractivity contribution is 6.30. The van der Waals surface area contributed by atoms with E-state index in [1.54, 1.807) is 12.4 Å². The van der Waals surface area contributed by atoms with E-state index < -0.39 is 0 Å². The smallest absolute Gasteiger partial charge is 0.115 e. The van der Waals surface area contributed by atoms with E-state index in [2.05, 4.69) is 15.3 Å². The minimum absolute atomic E-state index is 0.754. The number of hydrogen-bond acceptors (Lipinski definition) is 3. The molecule has 4 nitrogen and oxygen atoms in total. The first-order valence-electron chi connectivity index (χ1n) is 5.01. The fourth-order valence-corrected chi connectivity index (χ4v) is 1.77. The summed E-state index contributed by atoms with van der Waals surface area (Å²) >= 11 is 5.89. The molecule has 0 radical (unpaired) electrons. The van der Waals surface area contributed by atoms with Crippen molar-refractivity contribution in [3.05, 3.63) is 47.3 Å². The van der Waals surface area contributed by atoms with Gasteiger partial charge in [0.1, 0.15) is 6.33 Å². The third-order valence-corrected chi connectivity index (χ3v) is 2.53. The van der Waals surface area contributed by atoms with Crippen molar-refractivity contribution in [2.45, 2.75) is 13.1 Å². The third-order valence-electron chi connectivity index (χ3n) is 2.32. The normalized spacial score (nSPS) is 10.6. The lowest BCUT2D eigenvalue weighted by atomic mass is 10.3. The van der Waals surface area contributed by atoms with E-state index in [4.69, 9.17) is 11.6 Å². The monoisotopic (exact) mass is 236 g/mol. The maximum atomic E-state index is 5.89. The van der Waals surface area contributed by atoms with E-state index in [9.17, 15) is 0 Å². The second-order valence-corrected chi connectivity index (χ2v) is 4.05. The Morgan fingerprint density at radius 2 is 2.06 bits per heavy atom. The molecular weight excluding hydrogens is 224 g/mol. The van der Waals surface area contributed by atoms with Crippen molar-refractivity contribution in [1.29, 1.82) is 0 Å². The van der Waals surface area contributed by atoms with Crippen molar-refractivity contribution in [2.75, 3.05) is 0 Å². The molecule has 0 bridgehead atoms. The summed E-state index contributed by atoms with van der Waals surface area (Å²) in [6.07, 6.45) is 7.03. The number of aromatic nitrogens is 3. The van der Waals surface area contributed by atoms with Gasteiger partial charge in [-0.05, 0) is 6.07 Å². The first-order valence-corrected chi connectivity index (χ1v) is 5.39. The first-order chi connectivity index (χ1) is 7.75. The highest BCUT2D eigenvalue weighted by Crippen LogP contribution is 2.12. The van der Waals surface area contributed by atoms with Gasteiger partial charge in [0.2, 0.25) is 0 Å². The van der Waals surface area contributed by atoms with Gasteiger partial charge in [-0.2, -0.15) is 0 Å². The van der Waals surface area contributed by atoms with Crippen LogP contribution < -0.4 is 5.32 Å². The lowest BCUT2D eigenvalue weighted by Gasteiger charge is -2.05. The lowest BCUT2D eigenvalue weighted by Crippen LogP contribution is -2.14. The number of nitrogens with one attached hydrogen (secondary N) is 1. The van der Waals surface area contributed by atoms with Crippen LogP contribution in [-0.4, -0.2) is 14.5 Å². The standard InChI is InChI=1S/C11H13ClN4/c1-16-7-10(12)2-11(16)6-13-3-9-4-14-8-15-5-9/h2,4-5,7-8,13H,3,6H2,1H3. The Kier molecular flexibility index (Phi) is 3.54. The quantitative estimate of drug-likeness (QED) is 0.880. The van der Waals surface area contributed by atoms with Gasteiger partial charge in [-0.15, -0.1) is 0 Å². The van der Waals surface area contributed by atoms with Crippen LogP contribution in [0.2, 0.25) is 5.02 Å². The summed E-state index contributed by atoms with van der Waals surface area (Å²) in [5, 5.41) is 4.08. The maximum absolute atomic E-state index is 5.89. The van der Waals surface area contributed by atoms with Gasteiger partial charge in [-0.25, -0.2) is 9.97 Å². The molecule has 1 N–H and O–H groups in total. The van der Waals surface area contributed by atoms with Gasteiger partial charge in [0.15, 0.2) is 0 Å². The molecule has 84 valence electrons. The van der Waals surface area contributed by atoms with Crippen molar-refractivity contribution in [1.82, 2.24) is 19.9 Å². The molecule has 5 heteroatoms. The summed E-state index contributed by atoms with van der Waals surface area (Å²) < 4.78 is 2.01. The molecule has 2 rings (SSSR count). The molecule has 0 saturated carbocycles. The van der Waals surface area contributed by atoms with Gasteiger partial charge in [-0.1, -0.05) is 11.6 Å². The number of rotatable bonds is 4. The largest absolute Gasteiger partial charge is 0.352 e. The Bertz CT molecular complexity index is 452. The second-order valence-electron chi connectivity index (χ2n) is 3.61. The van der Waals surface area contributed by atoms with Crippen LogP contribution in [0.4, 0.5) is 0 Å². The van der Waals surface area contributed by atoms with E-state index in [1.165, 1.54) is 6.33 Å². The summed E-state index contributed by atoms with van der Waals surface area (Å²) in [4.78, 5) is 7.91. The molecule has 0 fully saturated rings. The lowest BCUT2D eigenvalue weighted by molar-refractivity contribution is 0.652. The van der Waals surface area contributed by atoms with Crippen LogP contribution in [-0.2, 0) is 20.1 Å². The third kappa shape index (κ3) is 2.81. The van der Waals surface area contributed by atoms with Crippen molar-refractivity contribution >= 4 is 11.6 Å². The fourth-order valence-electron chi connectivity index (χ4n) is 1.50. The number of halogens is 1. The minimum atomic E-state index is 0.754. The Hall–Kier alpha value is -1.39. The fraction of sp³-hybridized carbons (Fsp3) is 0.273. The molecule has 0 aliphatic rings. The zero-order chi connectivity index (χ0) is 11.4. The van der Waals surface area contributed by atoms with Crippen LogP contribution in [0.3, 0.4) is 0 Å². The summed E-state index contributed by atoms with van der Waals surface area (Å²) in [7, 11) is 1.98. The Morgan fingerprint density at radius 3 is 2.69 bits per heavy atom. The van der Waals surface area contributed by atoms with Crippen LogP contribution in [0.25, 0.3) is 0 Å². The van der Waals surface area contributed by atoms with Crippen LogP contribution >= 0.6 is 11.6 Å². The molecule has 16 heavy (non-hydrogen) atoms.